The van der Waals surface area contributed by atoms with Crippen molar-refractivity contribution in [2.75, 3.05) is 19.8 Å². The molecule has 0 aromatic rings. The lowest BCUT2D eigenvalue weighted by Crippen LogP contribution is -2.34. The summed E-state index contributed by atoms with van der Waals surface area (Å²) in [5, 5.41) is 17.7. The van der Waals surface area contributed by atoms with Gasteiger partial charge in [0, 0.05) is 12.8 Å². The molecule has 55 heavy (non-hydrogen) atoms. The number of carboxylic acid groups (broad SMARTS) is 1. The number of rotatable bonds is 40. The van der Waals surface area contributed by atoms with Crippen molar-refractivity contribution in [1.29, 1.82) is 0 Å². The third-order valence-corrected chi connectivity index (χ3v) is 10.1. The number of nitrogens with two attached hydrogens (primary N) is 1. The molecule has 12 nitrogen and oxygen atoms in total. The summed E-state index contributed by atoms with van der Waals surface area (Å²) in [6.07, 6.45) is 38.7. The van der Waals surface area contributed by atoms with E-state index in [0.29, 0.717) is 12.8 Å². The van der Waals surface area contributed by atoms with Crippen molar-refractivity contribution < 1.29 is 52.9 Å². The molecule has 0 amide bonds. The highest BCUT2D eigenvalue weighted by Gasteiger charge is 2.19. The van der Waals surface area contributed by atoms with Gasteiger partial charge in [-0.2, -0.15) is 0 Å². The van der Waals surface area contributed by atoms with E-state index >= 15 is 0 Å². The topological polar surface area (TPSA) is 203 Å². The zero-order chi connectivity index (χ0) is 41.3. The molecule has 328 valence electrons. The van der Waals surface area contributed by atoms with Gasteiger partial charge in [0.1, 0.15) is 12.6 Å². The summed E-state index contributed by atoms with van der Waals surface area (Å²) in [6, 6.07) is -1.41. The van der Waals surface area contributed by atoms with Crippen LogP contribution >= 0.6 is 7.82 Å². The highest BCUT2D eigenvalue weighted by Crippen LogP contribution is 2.35. The molecule has 0 aliphatic carbocycles. The van der Waals surface area contributed by atoms with Gasteiger partial charge in [-0.05, 0) is 12.8 Å². The Morgan fingerprint density at radius 3 is 1.13 bits per heavy atom. The van der Waals surface area contributed by atoms with Crippen LogP contribution in [0.15, 0.2) is 0 Å². The summed E-state index contributed by atoms with van der Waals surface area (Å²) in [5.41, 5.74) is 4.86. The van der Waals surface area contributed by atoms with Crippen molar-refractivity contribution >= 4 is 25.7 Å². The van der Waals surface area contributed by atoms with E-state index in [9.17, 15) is 24.1 Å². The molecule has 0 aliphatic rings. The zero-order valence-corrected chi connectivity index (χ0v) is 36.0. The van der Waals surface area contributed by atoms with Gasteiger partial charge < -0.3 is 35.2 Å². The first-order chi connectivity index (χ1) is 26.5. The minimum absolute atomic E-state index is 0.0569. The Kier molecular flexibility index (Phi) is 42.5. The lowest BCUT2D eigenvalue weighted by Gasteiger charge is -2.15. The van der Waals surface area contributed by atoms with E-state index in [1.807, 2.05) is 0 Å². The molecule has 6 N–H and O–H groups in total. The van der Waals surface area contributed by atoms with Gasteiger partial charge in [-0.1, -0.05) is 194 Å². The molecule has 13 heteroatoms. The van der Waals surface area contributed by atoms with Crippen LogP contribution in [-0.2, 0) is 32.9 Å². The molecule has 0 radical (unpaired) electrons. The monoisotopic (exact) mass is 810 g/mol. The summed E-state index contributed by atoms with van der Waals surface area (Å²) in [5.74, 6) is -1.95. The number of carboxylic acids is 1. The maximum absolute atomic E-state index is 12.1. The average Bonchev–Trinajstić information content (AvgIpc) is 3.15. The largest absolute Gasteiger partial charge is 0.480 e. The van der Waals surface area contributed by atoms with E-state index in [-0.39, 0.29) is 25.2 Å². The molecule has 2 unspecified atom stereocenters. The van der Waals surface area contributed by atoms with Gasteiger partial charge in [0.2, 0.25) is 0 Å². The van der Waals surface area contributed by atoms with E-state index in [0.717, 1.165) is 32.1 Å². The summed E-state index contributed by atoms with van der Waals surface area (Å²) in [6.45, 7) is 3.45. The van der Waals surface area contributed by atoms with Crippen LogP contribution in [0.3, 0.4) is 0 Å². The van der Waals surface area contributed by atoms with E-state index in [1.54, 1.807) is 0 Å². The first-order valence-corrected chi connectivity index (χ1v) is 23.6. The smallest absolute Gasteiger partial charge is 0.469 e. The Labute approximate surface area is 335 Å². The molecular formula is C42H84NO11P. The Bertz CT molecular complexity index is 918. The van der Waals surface area contributed by atoms with Crippen molar-refractivity contribution in [3.8, 4) is 0 Å². The first kappa shape index (κ1) is 55.5. The Hall–Kier alpha value is -1.56. The first-order valence-electron chi connectivity index (χ1n) is 22.1. The minimum atomic E-state index is -4.60. The number of phosphoric ester groups is 1. The zero-order valence-electron chi connectivity index (χ0n) is 35.1. The number of phosphoric acid groups is 1. The molecule has 0 rings (SSSR count). The lowest BCUT2D eigenvalue weighted by atomic mass is 10.0. The fraction of sp³-hybridized carbons (Fsp3) is 0.929. The average molecular weight is 810 g/mol. The summed E-state index contributed by atoms with van der Waals surface area (Å²) >= 11 is 0. The molecule has 0 heterocycles. The highest BCUT2D eigenvalue weighted by atomic mass is 31.2. The van der Waals surface area contributed by atoms with Crippen LogP contribution in [0.25, 0.3) is 0 Å². The van der Waals surface area contributed by atoms with Crippen LogP contribution in [0.2, 0.25) is 0 Å². The number of ether oxygens (including phenoxy) is 2. The Balaban J connectivity index is 0. The second-order valence-corrected chi connectivity index (χ2v) is 16.3. The highest BCUT2D eigenvalue weighted by molar-refractivity contribution is 7.46. The van der Waals surface area contributed by atoms with Gasteiger partial charge >= 0.3 is 25.7 Å². The van der Waals surface area contributed by atoms with Crippen molar-refractivity contribution in [2.45, 2.75) is 231 Å². The number of aliphatic hydroxyl groups is 1. The van der Waals surface area contributed by atoms with Gasteiger partial charge in [0.05, 0.1) is 13.2 Å². The third-order valence-electron chi connectivity index (χ3n) is 9.64. The number of esters is 2. The molecule has 0 spiro atoms. The quantitative estimate of drug-likeness (QED) is 0.0223. The van der Waals surface area contributed by atoms with Gasteiger partial charge in [0.25, 0.3) is 0 Å². The fourth-order valence-corrected chi connectivity index (χ4v) is 6.51. The lowest BCUT2D eigenvalue weighted by molar-refractivity contribution is -0.161. The van der Waals surface area contributed by atoms with Crippen LogP contribution in [0.1, 0.15) is 219 Å². The molecule has 0 aliphatic heterocycles. The van der Waals surface area contributed by atoms with Gasteiger partial charge in [-0.15, -0.1) is 0 Å². The molecule has 2 atom stereocenters. The maximum Gasteiger partial charge on any atom is 0.469 e. The molecule has 0 aromatic carbocycles. The molecular weight excluding hydrogens is 725 g/mol. The molecule has 0 saturated carbocycles. The Morgan fingerprint density at radius 1 is 0.527 bits per heavy atom. The minimum Gasteiger partial charge on any atom is -0.480 e. The number of hydrogen-bond donors (Lipinski definition) is 5. The van der Waals surface area contributed by atoms with Crippen molar-refractivity contribution in [3.05, 3.63) is 0 Å². The summed E-state index contributed by atoms with van der Waals surface area (Å²) in [4.78, 5) is 50.3. The standard InChI is InChI=1S/C39H76O5.C3H8NO6P/c1-3-5-7-9-11-13-15-17-19-21-23-25-27-29-31-33-38(41)43-36-37(35-40)44-39(42)34-32-30-28-26-24-22-20-18-16-14-12-10-8-6-4-2;4-2(3(5)6)1-10-11(7,8)9/h37,40H,3-36H2,1-2H3;2H,1,4H2,(H,5,6)(H2,7,8,9). The van der Waals surface area contributed by atoms with E-state index in [4.69, 9.17) is 30.1 Å². The predicted octanol–water partition coefficient (Wildman–Crippen LogP) is 10.5. The van der Waals surface area contributed by atoms with E-state index < -0.39 is 32.5 Å². The Morgan fingerprint density at radius 2 is 0.836 bits per heavy atom. The van der Waals surface area contributed by atoms with Crippen molar-refractivity contribution in [2.24, 2.45) is 5.73 Å². The number of aliphatic carboxylic acids is 1. The fourth-order valence-electron chi connectivity index (χ4n) is 6.16. The second kappa shape index (κ2) is 42.1. The van der Waals surface area contributed by atoms with Gasteiger partial charge in [0.15, 0.2) is 6.10 Å². The molecule has 0 bridgehead atoms. The van der Waals surface area contributed by atoms with Crippen LogP contribution < -0.4 is 5.73 Å². The second-order valence-electron chi connectivity index (χ2n) is 15.1. The van der Waals surface area contributed by atoms with E-state index in [1.165, 1.54) is 161 Å². The number of carbonyl (C=O) groups excluding carboxylic acids is 2. The van der Waals surface area contributed by atoms with Crippen LogP contribution in [0.4, 0.5) is 0 Å². The van der Waals surface area contributed by atoms with Crippen LogP contribution in [-0.4, -0.2) is 69.9 Å². The van der Waals surface area contributed by atoms with Crippen LogP contribution in [0, 0.1) is 0 Å². The van der Waals surface area contributed by atoms with Gasteiger partial charge in [-0.25, -0.2) is 4.57 Å². The number of unbranched alkanes of at least 4 members (excludes halogenated alkanes) is 28. The molecule has 0 saturated heterocycles. The number of aliphatic hydroxyl groups excluding tert-OH is 1. The number of hydrogen-bond acceptors (Lipinski definition) is 9. The summed E-state index contributed by atoms with van der Waals surface area (Å²) in [7, 11) is -4.60. The molecule has 0 aromatic heterocycles. The van der Waals surface area contributed by atoms with Crippen LogP contribution in [0.5, 0.6) is 0 Å². The summed E-state index contributed by atoms with van der Waals surface area (Å²) < 4.78 is 24.4. The SMILES string of the molecule is CCCCCCCCCCCCCCCCCC(=O)OCC(CO)OC(=O)CCCCCCCCCCCCCCCCC.NC(COP(=O)(O)O)C(=O)O. The third kappa shape index (κ3) is 46.7. The van der Waals surface area contributed by atoms with Crippen molar-refractivity contribution in [1.82, 2.24) is 0 Å². The normalized spacial score (nSPS) is 12.5. The molecule has 0 fully saturated rings. The van der Waals surface area contributed by atoms with Crippen molar-refractivity contribution in [3.63, 3.8) is 0 Å². The maximum atomic E-state index is 12.1. The predicted molar refractivity (Wildman–Crippen MR) is 221 cm³/mol. The van der Waals surface area contributed by atoms with Gasteiger partial charge in [-0.3, -0.25) is 18.9 Å². The number of carbonyl (C=O) groups is 3. The van der Waals surface area contributed by atoms with E-state index in [2.05, 4.69) is 18.4 Å².